The van der Waals surface area contributed by atoms with E-state index in [-0.39, 0.29) is 18.9 Å². The summed E-state index contributed by atoms with van der Waals surface area (Å²) in [5, 5.41) is 2.30. The number of ether oxygens (including phenoxy) is 3. The van der Waals surface area contributed by atoms with Crippen LogP contribution in [-0.2, 0) is 11.0 Å². The third-order valence-electron chi connectivity index (χ3n) is 3.78. The predicted molar refractivity (Wildman–Crippen MR) is 87.3 cm³/mol. The maximum Gasteiger partial charge on any atom is 0.418 e. The standard InChI is InChI=1S/C18H16F3NO4/c1-2-14(26-11-7-8-15-16(9-11)25-10-24-15)17(23)22-13-6-4-3-5-12(13)18(19,20)21/h3-9,14H,2,10H2,1H3,(H,22,23). The lowest BCUT2D eigenvalue weighted by Crippen LogP contribution is -2.33. The van der Waals surface area contributed by atoms with Gasteiger partial charge in [-0.2, -0.15) is 13.2 Å². The number of carbonyl (C=O) groups excluding carboxylic acids is 1. The Morgan fingerprint density at radius 2 is 1.92 bits per heavy atom. The summed E-state index contributed by atoms with van der Waals surface area (Å²) in [6, 6.07) is 9.61. The van der Waals surface area contributed by atoms with Crippen LogP contribution in [0, 0.1) is 0 Å². The quantitative estimate of drug-likeness (QED) is 0.859. The molecule has 3 rings (SSSR count). The average molecular weight is 367 g/mol. The second-order valence-corrected chi connectivity index (χ2v) is 5.56. The molecule has 0 bridgehead atoms. The zero-order valence-corrected chi connectivity index (χ0v) is 13.8. The van der Waals surface area contributed by atoms with E-state index in [1.165, 1.54) is 18.2 Å². The molecule has 2 aromatic carbocycles. The van der Waals surface area contributed by atoms with Gasteiger partial charge in [0, 0.05) is 6.07 Å². The topological polar surface area (TPSA) is 56.8 Å². The Kier molecular flexibility index (Phi) is 4.92. The van der Waals surface area contributed by atoms with Crippen molar-refractivity contribution in [2.75, 3.05) is 12.1 Å². The second kappa shape index (κ2) is 7.15. The molecule has 1 heterocycles. The van der Waals surface area contributed by atoms with E-state index in [0.717, 1.165) is 6.07 Å². The first-order chi connectivity index (χ1) is 12.4. The molecule has 0 fully saturated rings. The summed E-state index contributed by atoms with van der Waals surface area (Å²) in [6.07, 6.45) is -5.25. The molecule has 5 nitrogen and oxygen atoms in total. The third-order valence-corrected chi connectivity index (χ3v) is 3.78. The van der Waals surface area contributed by atoms with Crippen LogP contribution in [0.4, 0.5) is 18.9 Å². The zero-order chi connectivity index (χ0) is 18.7. The van der Waals surface area contributed by atoms with Gasteiger partial charge in [-0.1, -0.05) is 19.1 Å². The van der Waals surface area contributed by atoms with Gasteiger partial charge in [0.2, 0.25) is 6.79 Å². The Balaban J connectivity index is 1.74. The Hall–Kier alpha value is -2.90. The third kappa shape index (κ3) is 3.84. The molecule has 8 heteroatoms. The van der Waals surface area contributed by atoms with Crippen LogP contribution in [0.2, 0.25) is 0 Å². The van der Waals surface area contributed by atoms with Crippen molar-refractivity contribution in [3.05, 3.63) is 48.0 Å². The van der Waals surface area contributed by atoms with Crippen molar-refractivity contribution in [2.24, 2.45) is 0 Å². The van der Waals surface area contributed by atoms with Crippen molar-refractivity contribution in [3.63, 3.8) is 0 Å². The van der Waals surface area contributed by atoms with Gasteiger partial charge >= 0.3 is 6.18 Å². The number of anilines is 1. The minimum absolute atomic E-state index is 0.102. The molecule has 1 atom stereocenters. The van der Waals surface area contributed by atoms with Crippen molar-refractivity contribution in [2.45, 2.75) is 25.6 Å². The van der Waals surface area contributed by atoms with Crippen LogP contribution in [0.3, 0.4) is 0 Å². The average Bonchev–Trinajstić information content (AvgIpc) is 3.06. The summed E-state index contributed by atoms with van der Waals surface area (Å²) in [4.78, 5) is 12.4. The summed E-state index contributed by atoms with van der Waals surface area (Å²) >= 11 is 0. The highest BCUT2D eigenvalue weighted by Gasteiger charge is 2.34. The van der Waals surface area contributed by atoms with Crippen molar-refractivity contribution >= 4 is 11.6 Å². The molecule has 2 aromatic rings. The van der Waals surface area contributed by atoms with E-state index in [0.29, 0.717) is 17.2 Å². The van der Waals surface area contributed by atoms with E-state index in [9.17, 15) is 18.0 Å². The number of alkyl halides is 3. The Labute approximate surface area is 147 Å². The number of amides is 1. The molecular weight excluding hydrogens is 351 g/mol. The van der Waals surface area contributed by atoms with Gasteiger partial charge in [0.25, 0.3) is 5.91 Å². The summed E-state index contributed by atoms with van der Waals surface area (Å²) in [5.41, 5.74) is -1.22. The maximum absolute atomic E-state index is 13.0. The molecule has 0 radical (unpaired) electrons. The van der Waals surface area contributed by atoms with Gasteiger partial charge in [-0.05, 0) is 30.7 Å². The highest BCUT2D eigenvalue weighted by Crippen LogP contribution is 2.36. The van der Waals surface area contributed by atoms with E-state index < -0.39 is 23.8 Å². The minimum Gasteiger partial charge on any atom is -0.480 e. The number of benzene rings is 2. The van der Waals surface area contributed by atoms with Gasteiger partial charge in [0.15, 0.2) is 17.6 Å². The molecule has 26 heavy (non-hydrogen) atoms. The SMILES string of the molecule is CCC(Oc1ccc2c(c1)OCO2)C(=O)Nc1ccccc1C(F)(F)F. The van der Waals surface area contributed by atoms with Crippen LogP contribution in [0.5, 0.6) is 17.2 Å². The minimum atomic E-state index is -4.57. The molecular formula is C18H16F3NO4. The number of rotatable bonds is 5. The lowest BCUT2D eigenvalue weighted by atomic mass is 10.1. The molecule has 138 valence electrons. The Bertz CT molecular complexity index is 807. The van der Waals surface area contributed by atoms with Crippen LogP contribution < -0.4 is 19.5 Å². The van der Waals surface area contributed by atoms with Crippen molar-refractivity contribution in [1.29, 1.82) is 0 Å². The van der Waals surface area contributed by atoms with Gasteiger partial charge < -0.3 is 19.5 Å². The molecule has 1 amide bonds. The highest BCUT2D eigenvalue weighted by atomic mass is 19.4. The number of nitrogens with one attached hydrogen (secondary N) is 1. The molecule has 0 spiro atoms. The van der Waals surface area contributed by atoms with Crippen molar-refractivity contribution in [1.82, 2.24) is 0 Å². The Morgan fingerprint density at radius 3 is 2.65 bits per heavy atom. The van der Waals surface area contributed by atoms with Crippen molar-refractivity contribution < 1.29 is 32.2 Å². The molecule has 1 N–H and O–H groups in total. The summed E-state index contributed by atoms with van der Waals surface area (Å²) in [7, 11) is 0. The molecule has 1 aliphatic rings. The zero-order valence-electron chi connectivity index (χ0n) is 13.8. The Morgan fingerprint density at radius 1 is 1.19 bits per heavy atom. The normalized spacial score (nSPS) is 14.0. The fourth-order valence-electron chi connectivity index (χ4n) is 2.49. The number of carbonyl (C=O) groups is 1. The monoisotopic (exact) mass is 367 g/mol. The van der Waals surface area contributed by atoms with E-state index in [4.69, 9.17) is 14.2 Å². The summed E-state index contributed by atoms with van der Waals surface area (Å²) in [6.45, 7) is 1.80. The molecule has 1 unspecified atom stereocenters. The molecule has 0 saturated carbocycles. The van der Waals surface area contributed by atoms with Gasteiger partial charge in [0.1, 0.15) is 5.75 Å². The van der Waals surface area contributed by atoms with E-state index in [1.807, 2.05) is 0 Å². The van der Waals surface area contributed by atoms with Gasteiger partial charge in [0.05, 0.1) is 11.3 Å². The molecule has 1 aliphatic heterocycles. The second-order valence-electron chi connectivity index (χ2n) is 5.56. The van der Waals surface area contributed by atoms with E-state index in [2.05, 4.69) is 5.32 Å². The molecule has 0 aromatic heterocycles. The number of para-hydroxylation sites is 1. The number of hydrogen-bond donors (Lipinski definition) is 1. The van der Waals surface area contributed by atoms with Crippen LogP contribution in [-0.4, -0.2) is 18.8 Å². The van der Waals surface area contributed by atoms with Crippen LogP contribution in [0.25, 0.3) is 0 Å². The first-order valence-corrected chi connectivity index (χ1v) is 7.92. The van der Waals surface area contributed by atoms with Crippen molar-refractivity contribution in [3.8, 4) is 17.2 Å². The first-order valence-electron chi connectivity index (χ1n) is 7.92. The van der Waals surface area contributed by atoms with Crippen LogP contribution in [0.15, 0.2) is 42.5 Å². The van der Waals surface area contributed by atoms with Gasteiger partial charge in [-0.25, -0.2) is 0 Å². The van der Waals surface area contributed by atoms with E-state index in [1.54, 1.807) is 25.1 Å². The number of hydrogen-bond acceptors (Lipinski definition) is 4. The summed E-state index contributed by atoms with van der Waals surface area (Å²) < 4.78 is 55.2. The molecule has 0 saturated heterocycles. The van der Waals surface area contributed by atoms with Gasteiger partial charge in [-0.3, -0.25) is 4.79 Å². The van der Waals surface area contributed by atoms with Crippen LogP contribution >= 0.6 is 0 Å². The lowest BCUT2D eigenvalue weighted by molar-refractivity contribution is -0.137. The summed E-state index contributed by atoms with van der Waals surface area (Å²) in [5.74, 6) is 0.747. The maximum atomic E-state index is 13.0. The van der Waals surface area contributed by atoms with Crippen LogP contribution in [0.1, 0.15) is 18.9 Å². The fourth-order valence-corrected chi connectivity index (χ4v) is 2.49. The number of fused-ring (bicyclic) bond motifs is 1. The predicted octanol–water partition coefficient (Wildman–Crippen LogP) is 4.23. The largest absolute Gasteiger partial charge is 0.480 e. The van der Waals surface area contributed by atoms with Gasteiger partial charge in [-0.15, -0.1) is 0 Å². The fraction of sp³-hybridized carbons (Fsp3) is 0.278. The smallest absolute Gasteiger partial charge is 0.418 e. The first kappa shape index (κ1) is 17.9. The highest BCUT2D eigenvalue weighted by molar-refractivity contribution is 5.95. The lowest BCUT2D eigenvalue weighted by Gasteiger charge is -2.19. The van der Waals surface area contributed by atoms with E-state index >= 15 is 0 Å². The number of halogens is 3. The molecule has 0 aliphatic carbocycles.